The zero-order chi connectivity index (χ0) is 12.3. The summed E-state index contributed by atoms with van der Waals surface area (Å²) < 4.78 is 0. The van der Waals surface area contributed by atoms with Gasteiger partial charge in [0.1, 0.15) is 0 Å². The maximum absolute atomic E-state index is 5.88. The fraction of sp³-hybridized carbons (Fsp3) is 0.769. The minimum Gasteiger partial charge on any atom is -0.348 e. The van der Waals surface area contributed by atoms with Crippen molar-refractivity contribution < 1.29 is 0 Å². The summed E-state index contributed by atoms with van der Waals surface area (Å²) in [6.45, 7) is 6.64. The lowest BCUT2D eigenvalue weighted by Gasteiger charge is -2.19. The molecule has 3 nitrogen and oxygen atoms in total. The van der Waals surface area contributed by atoms with E-state index in [0.717, 1.165) is 24.1 Å². The summed E-state index contributed by atoms with van der Waals surface area (Å²) in [4.78, 5) is 8.15. The number of hydrogen-bond donors (Lipinski definition) is 1. The SMILES string of the molecule is CCC1CCCN(c2ncc(C(C)N)s2)CC1. The minimum absolute atomic E-state index is 0.108. The van der Waals surface area contributed by atoms with Crippen molar-refractivity contribution in [1.82, 2.24) is 4.98 Å². The first-order valence-electron chi connectivity index (χ1n) is 6.67. The molecule has 0 amide bonds. The molecule has 0 spiro atoms. The molecule has 17 heavy (non-hydrogen) atoms. The molecule has 0 aromatic carbocycles. The largest absolute Gasteiger partial charge is 0.348 e. The third-order valence-electron chi connectivity index (χ3n) is 3.66. The van der Waals surface area contributed by atoms with Gasteiger partial charge in [0.05, 0.1) is 0 Å². The van der Waals surface area contributed by atoms with E-state index < -0.39 is 0 Å². The zero-order valence-corrected chi connectivity index (χ0v) is 11.7. The van der Waals surface area contributed by atoms with Crippen molar-refractivity contribution in [1.29, 1.82) is 0 Å². The first-order chi connectivity index (χ1) is 8.20. The Kier molecular flexibility index (Phi) is 4.40. The molecule has 0 saturated carbocycles. The maximum atomic E-state index is 5.88. The molecule has 1 saturated heterocycles. The van der Waals surface area contributed by atoms with Crippen molar-refractivity contribution in [2.75, 3.05) is 18.0 Å². The van der Waals surface area contributed by atoms with Gasteiger partial charge in [0, 0.05) is 30.2 Å². The molecular weight excluding hydrogens is 230 g/mol. The molecule has 0 radical (unpaired) electrons. The van der Waals surface area contributed by atoms with Crippen LogP contribution in [-0.2, 0) is 0 Å². The number of rotatable bonds is 3. The van der Waals surface area contributed by atoms with Crippen LogP contribution in [0.1, 0.15) is 50.4 Å². The smallest absolute Gasteiger partial charge is 0.185 e. The summed E-state index contributed by atoms with van der Waals surface area (Å²) >= 11 is 1.76. The van der Waals surface area contributed by atoms with E-state index in [1.54, 1.807) is 11.3 Å². The van der Waals surface area contributed by atoms with E-state index in [-0.39, 0.29) is 6.04 Å². The number of thiazole rings is 1. The van der Waals surface area contributed by atoms with Gasteiger partial charge in [0.15, 0.2) is 5.13 Å². The molecule has 2 N–H and O–H groups in total. The number of nitrogens with zero attached hydrogens (tertiary/aromatic N) is 2. The van der Waals surface area contributed by atoms with Crippen LogP contribution in [0.5, 0.6) is 0 Å². The van der Waals surface area contributed by atoms with E-state index in [0.29, 0.717) is 0 Å². The number of anilines is 1. The Bertz CT molecular complexity index is 348. The zero-order valence-electron chi connectivity index (χ0n) is 10.9. The second-order valence-corrected chi connectivity index (χ2v) is 6.07. The molecule has 0 bridgehead atoms. The van der Waals surface area contributed by atoms with E-state index in [4.69, 9.17) is 5.73 Å². The first kappa shape index (κ1) is 12.8. The molecule has 96 valence electrons. The number of nitrogens with two attached hydrogens (primary N) is 1. The van der Waals surface area contributed by atoms with Crippen LogP contribution in [0, 0.1) is 5.92 Å². The molecule has 0 aliphatic carbocycles. The molecule has 2 rings (SSSR count). The number of aromatic nitrogens is 1. The molecule has 1 aromatic rings. The van der Waals surface area contributed by atoms with Crippen LogP contribution in [0.3, 0.4) is 0 Å². The molecule has 1 aliphatic heterocycles. The lowest BCUT2D eigenvalue weighted by atomic mass is 9.98. The summed E-state index contributed by atoms with van der Waals surface area (Å²) in [5, 5.41) is 1.16. The van der Waals surface area contributed by atoms with Crippen LogP contribution in [-0.4, -0.2) is 18.1 Å². The van der Waals surface area contributed by atoms with Gasteiger partial charge in [-0.3, -0.25) is 0 Å². The van der Waals surface area contributed by atoms with Crippen molar-refractivity contribution in [3.63, 3.8) is 0 Å². The van der Waals surface area contributed by atoms with E-state index in [1.165, 1.54) is 30.6 Å². The lowest BCUT2D eigenvalue weighted by molar-refractivity contribution is 0.459. The Labute approximate surface area is 108 Å². The molecule has 2 heterocycles. The van der Waals surface area contributed by atoms with Gasteiger partial charge in [-0.15, -0.1) is 11.3 Å². The molecule has 1 fully saturated rings. The topological polar surface area (TPSA) is 42.2 Å². The van der Waals surface area contributed by atoms with Crippen LogP contribution < -0.4 is 10.6 Å². The van der Waals surface area contributed by atoms with Gasteiger partial charge < -0.3 is 10.6 Å². The predicted molar refractivity (Wildman–Crippen MR) is 74.6 cm³/mol. The minimum atomic E-state index is 0.108. The molecule has 4 heteroatoms. The third kappa shape index (κ3) is 3.19. The normalized spacial score (nSPS) is 23.5. The van der Waals surface area contributed by atoms with E-state index >= 15 is 0 Å². The van der Waals surface area contributed by atoms with Crippen LogP contribution in [0.15, 0.2) is 6.20 Å². The van der Waals surface area contributed by atoms with Crippen molar-refractivity contribution >= 4 is 16.5 Å². The van der Waals surface area contributed by atoms with Crippen molar-refractivity contribution in [2.24, 2.45) is 11.7 Å². The van der Waals surface area contributed by atoms with Crippen LogP contribution in [0.4, 0.5) is 5.13 Å². The lowest BCUT2D eigenvalue weighted by Crippen LogP contribution is -2.23. The van der Waals surface area contributed by atoms with E-state index in [1.807, 2.05) is 13.1 Å². The van der Waals surface area contributed by atoms with Gasteiger partial charge >= 0.3 is 0 Å². The molecular formula is C13H23N3S. The Morgan fingerprint density at radius 2 is 2.35 bits per heavy atom. The highest BCUT2D eigenvalue weighted by molar-refractivity contribution is 7.15. The Balaban J connectivity index is 2.01. The average molecular weight is 253 g/mol. The average Bonchev–Trinajstić information content (AvgIpc) is 2.68. The Morgan fingerprint density at radius 3 is 3.00 bits per heavy atom. The van der Waals surface area contributed by atoms with Gasteiger partial charge in [0.2, 0.25) is 0 Å². The van der Waals surface area contributed by atoms with Crippen molar-refractivity contribution in [3.05, 3.63) is 11.1 Å². The van der Waals surface area contributed by atoms with Gasteiger partial charge in [0.25, 0.3) is 0 Å². The van der Waals surface area contributed by atoms with E-state index in [2.05, 4.69) is 16.8 Å². The standard InChI is InChI=1S/C13H23N3S/c1-3-11-5-4-7-16(8-6-11)13-15-9-12(17-13)10(2)14/h9-11H,3-8,14H2,1-2H3. The molecule has 2 atom stereocenters. The summed E-state index contributed by atoms with van der Waals surface area (Å²) in [5.74, 6) is 0.910. The van der Waals surface area contributed by atoms with Crippen molar-refractivity contribution in [2.45, 2.75) is 45.6 Å². The molecule has 2 unspecified atom stereocenters. The molecule has 1 aromatic heterocycles. The third-order valence-corrected chi connectivity index (χ3v) is 4.91. The summed E-state index contributed by atoms with van der Waals surface area (Å²) in [6, 6.07) is 0.108. The van der Waals surface area contributed by atoms with Crippen molar-refractivity contribution in [3.8, 4) is 0 Å². The number of hydrogen-bond acceptors (Lipinski definition) is 4. The summed E-state index contributed by atoms with van der Waals surface area (Å²) in [5.41, 5.74) is 5.88. The first-order valence-corrected chi connectivity index (χ1v) is 7.48. The monoisotopic (exact) mass is 253 g/mol. The fourth-order valence-electron chi connectivity index (χ4n) is 2.40. The highest BCUT2D eigenvalue weighted by Crippen LogP contribution is 2.29. The second kappa shape index (κ2) is 5.83. The Hall–Kier alpha value is -0.610. The highest BCUT2D eigenvalue weighted by Gasteiger charge is 2.18. The summed E-state index contributed by atoms with van der Waals surface area (Å²) in [7, 11) is 0. The highest BCUT2D eigenvalue weighted by atomic mass is 32.1. The van der Waals surface area contributed by atoms with Crippen LogP contribution in [0.25, 0.3) is 0 Å². The molecule has 1 aliphatic rings. The van der Waals surface area contributed by atoms with Gasteiger partial charge in [-0.05, 0) is 32.1 Å². The van der Waals surface area contributed by atoms with E-state index in [9.17, 15) is 0 Å². The quantitative estimate of drug-likeness (QED) is 0.899. The van der Waals surface area contributed by atoms with Gasteiger partial charge in [-0.2, -0.15) is 0 Å². The summed E-state index contributed by atoms with van der Waals surface area (Å²) in [6.07, 6.45) is 7.23. The van der Waals surface area contributed by atoms with Gasteiger partial charge in [-0.25, -0.2) is 4.98 Å². The fourth-order valence-corrected chi connectivity index (χ4v) is 3.32. The maximum Gasteiger partial charge on any atom is 0.185 e. The Morgan fingerprint density at radius 1 is 1.53 bits per heavy atom. The van der Waals surface area contributed by atoms with Gasteiger partial charge in [-0.1, -0.05) is 13.3 Å². The second-order valence-electron chi connectivity index (χ2n) is 5.03. The van der Waals surface area contributed by atoms with Crippen LogP contribution >= 0.6 is 11.3 Å². The van der Waals surface area contributed by atoms with Crippen LogP contribution in [0.2, 0.25) is 0 Å². The predicted octanol–water partition coefficient (Wildman–Crippen LogP) is 3.18.